The maximum atomic E-state index is 9.72. The molecule has 6 heteroatoms. The molecule has 130 valence electrons. The molecule has 26 heavy (non-hydrogen) atoms. The number of aromatic hydroxyl groups is 2. The topological polar surface area (TPSA) is 87.0 Å². The van der Waals surface area contributed by atoms with Crippen LogP contribution >= 0.6 is 0 Å². The van der Waals surface area contributed by atoms with Crippen molar-refractivity contribution in [1.82, 2.24) is 4.98 Å². The van der Waals surface area contributed by atoms with Crippen LogP contribution in [0.2, 0.25) is 0 Å². The lowest BCUT2D eigenvalue weighted by atomic mass is 9.88. The van der Waals surface area contributed by atoms with E-state index < -0.39 is 0 Å². The van der Waals surface area contributed by atoms with Crippen molar-refractivity contribution >= 4 is 11.5 Å². The highest BCUT2D eigenvalue weighted by atomic mass is 16.5. The minimum absolute atomic E-state index is 0.121. The van der Waals surface area contributed by atoms with Crippen molar-refractivity contribution in [2.75, 3.05) is 12.0 Å². The molecule has 1 unspecified atom stereocenters. The Labute approximate surface area is 150 Å². The maximum absolute atomic E-state index is 9.72. The van der Waals surface area contributed by atoms with Crippen LogP contribution in [-0.2, 0) is 0 Å². The molecule has 1 aliphatic heterocycles. The lowest BCUT2D eigenvalue weighted by Gasteiger charge is -2.27. The smallest absolute Gasteiger partial charge is 0.146 e. The number of hydrogen-bond donors (Lipinski definition) is 3. The van der Waals surface area contributed by atoms with E-state index in [1.165, 1.54) is 0 Å². The molecule has 3 aromatic rings. The zero-order chi connectivity index (χ0) is 17.9. The molecule has 0 fully saturated rings. The molecule has 1 aromatic heterocycles. The van der Waals surface area contributed by atoms with Crippen LogP contribution in [0.15, 0.2) is 72.0 Å². The molecule has 3 N–H and O–H groups in total. The van der Waals surface area contributed by atoms with Crippen LogP contribution in [-0.4, -0.2) is 27.5 Å². The van der Waals surface area contributed by atoms with Crippen LogP contribution in [0.1, 0.15) is 17.0 Å². The van der Waals surface area contributed by atoms with Crippen LogP contribution in [0.5, 0.6) is 17.2 Å². The highest BCUT2D eigenvalue weighted by Crippen LogP contribution is 2.35. The predicted octanol–water partition coefficient (Wildman–Crippen LogP) is 3.49. The summed E-state index contributed by atoms with van der Waals surface area (Å²) in [5, 5.41) is 23.9. The number of hydrazone groups is 1. The summed E-state index contributed by atoms with van der Waals surface area (Å²) in [5.74, 6) is 1.45. The predicted molar refractivity (Wildman–Crippen MR) is 98.8 cm³/mol. The number of nitrogens with one attached hydrogen (secondary N) is 1. The van der Waals surface area contributed by atoms with Gasteiger partial charge in [0.05, 0.1) is 11.6 Å². The Morgan fingerprint density at radius 1 is 1.00 bits per heavy atom. The van der Waals surface area contributed by atoms with Crippen LogP contribution < -0.4 is 10.2 Å². The number of phenolic OH excluding ortho intramolecular Hbond substituents is 2. The number of nitrogens with zero attached hydrogens (tertiary/aromatic N) is 2. The number of aromatic nitrogens is 1. The summed E-state index contributed by atoms with van der Waals surface area (Å²) >= 11 is 0. The van der Waals surface area contributed by atoms with Crippen LogP contribution in [0.25, 0.3) is 0 Å². The molecule has 0 bridgehead atoms. The number of anilines is 1. The van der Waals surface area contributed by atoms with Crippen LogP contribution in [0.3, 0.4) is 0 Å². The SMILES string of the molecule is Oc1ccc(C2COc3cc(O)ccc3/C2=N\Nc2ccccn2)cc1. The van der Waals surface area contributed by atoms with Crippen LogP contribution in [0, 0.1) is 0 Å². The third kappa shape index (κ3) is 3.17. The van der Waals surface area contributed by atoms with E-state index in [-0.39, 0.29) is 17.4 Å². The number of rotatable bonds is 3. The molecule has 0 aliphatic carbocycles. The highest BCUT2D eigenvalue weighted by Gasteiger charge is 2.29. The number of pyridine rings is 1. The molecule has 0 radical (unpaired) electrons. The first kappa shape index (κ1) is 16.0. The van der Waals surface area contributed by atoms with Crippen molar-refractivity contribution in [2.45, 2.75) is 5.92 Å². The second kappa shape index (κ2) is 6.76. The number of hydrogen-bond acceptors (Lipinski definition) is 6. The summed E-state index contributed by atoms with van der Waals surface area (Å²) in [7, 11) is 0. The summed E-state index contributed by atoms with van der Waals surface area (Å²) in [4.78, 5) is 4.22. The van der Waals surface area contributed by atoms with E-state index in [9.17, 15) is 10.2 Å². The van der Waals surface area contributed by atoms with Crippen LogP contribution in [0.4, 0.5) is 5.82 Å². The fourth-order valence-electron chi connectivity index (χ4n) is 2.93. The first-order valence-corrected chi connectivity index (χ1v) is 8.20. The second-order valence-corrected chi connectivity index (χ2v) is 5.96. The Morgan fingerprint density at radius 3 is 2.58 bits per heavy atom. The lowest BCUT2D eigenvalue weighted by Crippen LogP contribution is -2.27. The Bertz CT molecular complexity index is 940. The molecule has 1 atom stereocenters. The average molecular weight is 347 g/mol. The Hall–Kier alpha value is -3.54. The fourth-order valence-corrected chi connectivity index (χ4v) is 2.93. The van der Waals surface area contributed by atoms with Gasteiger partial charge in [-0.15, -0.1) is 0 Å². The Balaban J connectivity index is 1.75. The second-order valence-electron chi connectivity index (χ2n) is 5.96. The van der Waals surface area contributed by atoms with E-state index in [2.05, 4.69) is 15.5 Å². The molecule has 0 spiro atoms. The summed E-state index contributed by atoms with van der Waals surface area (Å²) in [6.45, 7) is 0.379. The summed E-state index contributed by atoms with van der Waals surface area (Å²) < 4.78 is 5.84. The summed E-state index contributed by atoms with van der Waals surface area (Å²) in [5.41, 5.74) is 5.55. The number of ether oxygens (including phenoxy) is 1. The number of phenols is 2. The van der Waals surface area contributed by atoms with Gasteiger partial charge in [0.2, 0.25) is 0 Å². The molecular formula is C20H17N3O3. The summed E-state index contributed by atoms with van der Waals surface area (Å²) in [6, 6.07) is 17.5. The standard InChI is InChI=1S/C20H17N3O3/c24-14-6-4-13(5-7-14)17-12-26-18-11-15(25)8-9-16(18)20(17)23-22-19-3-1-2-10-21-19/h1-11,17,24-25H,12H2,(H,21,22)/b23-20+. The molecule has 4 rings (SSSR count). The van der Waals surface area contributed by atoms with Gasteiger partial charge in [-0.1, -0.05) is 18.2 Å². The number of fused-ring (bicyclic) bond motifs is 1. The van der Waals surface area contributed by atoms with Gasteiger partial charge in [-0.2, -0.15) is 5.10 Å². The van der Waals surface area contributed by atoms with E-state index >= 15 is 0 Å². The zero-order valence-electron chi connectivity index (χ0n) is 13.8. The monoisotopic (exact) mass is 347 g/mol. The Morgan fingerprint density at radius 2 is 1.81 bits per heavy atom. The normalized spacial score (nSPS) is 17.4. The van der Waals surface area contributed by atoms with Gasteiger partial charge in [-0.25, -0.2) is 4.98 Å². The third-order valence-corrected chi connectivity index (χ3v) is 4.23. The van der Waals surface area contributed by atoms with Gasteiger partial charge >= 0.3 is 0 Å². The van der Waals surface area contributed by atoms with Gasteiger partial charge in [0.1, 0.15) is 29.7 Å². The molecule has 1 aliphatic rings. The first-order chi connectivity index (χ1) is 12.7. The maximum Gasteiger partial charge on any atom is 0.146 e. The van der Waals surface area contributed by atoms with Gasteiger partial charge in [0.15, 0.2) is 0 Å². The lowest BCUT2D eigenvalue weighted by molar-refractivity contribution is 0.300. The molecule has 0 amide bonds. The van der Waals surface area contributed by atoms with E-state index in [1.54, 1.807) is 36.5 Å². The largest absolute Gasteiger partial charge is 0.508 e. The number of benzene rings is 2. The van der Waals surface area contributed by atoms with Gasteiger partial charge in [-0.3, -0.25) is 5.43 Å². The van der Waals surface area contributed by atoms with Gasteiger partial charge in [0.25, 0.3) is 0 Å². The van der Waals surface area contributed by atoms with Crippen molar-refractivity contribution in [2.24, 2.45) is 5.10 Å². The van der Waals surface area contributed by atoms with Crippen molar-refractivity contribution in [3.63, 3.8) is 0 Å². The van der Waals surface area contributed by atoms with E-state index in [0.717, 1.165) is 16.8 Å². The van der Waals surface area contributed by atoms with Gasteiger partial charge in [0, 0.05) is 17.8 Å². The minimum Gasteiger partial charge on any atom is -0.508 e. The minimum atomic E-state index is -0.121. The molecule has 2 heterocycles. The zero-order valence-corrected chi connectivity index (χ0v) is 13.8. The van der Waals surface area contributed by atoms with Crippen molar-refractivity contribution < 1.29 is 14.9 Å². The van der Waals surface area contributed by atoms with Crippen molar-refractivity contribution in [1.29, 1.82) is 0 Å². The third-order valence-electron chi connectivity index (χ3n) is 4.23. The highest BCUT2D eigenvalue weighted by molar-refractivity contribution is 6.08. The molecule has 6 nitrogen and oxygen atoms in total. The summed E-state index contributed by atoms with van der Waals surface area (Å²) in [6.07, 6.45) is 1.69. The Kier molecular flexibility index (Phi) is 4.15. The molecule has 2 aromatic carbocycles. The van der Waals surface area contributed by atoms with Crippen molar-refractivity contribution in [3.8, 4) is 17.2 Å². The van der Waals surface area contributed by atoms with Gasteiger partial charge < -0.3 is 14.9 Å². The quantitative estimate of drug-likeness (QED) is 0.632. The molecule has 0 saturated heterocycles. The average Bonchev–Trinajstić information content (AvgIpc) is 2.67. The molecular weight excluding hydrogens is 330 g/mol. The fraction of sp³-hybridized carbons (Fsp3) is 0.100. The van der Waals surface area contributed by atoms with E-state index in [4.69, 9.17) is 4.74 Å². The first-order valence-electron chi connectivity index (χ1n) is 8.20. The van der Waals surface area contributed by atoms with E-state index in [0.29, 0.717) is 18.2 Å². The van der Waals surface area contributed by atoms with Crippen molar-refractivity contribution in [3.05, 3.63) is 78.0 Å². The molecule has 0 saturated carbocycles. The van der Waals surface area contributed by atoms with E-state index in [1.807, 2.05) is 30.3 Å². The van der Waals surface area contributed by atoms with Gasteiger partial charge in [-0.05, 0) is 42.0 Å².